The van der Waals surface area contributed by atoms with Crippen molar-refractivity contribution in [3.63, 3.8) is 0 Å². The number of benzene rings is 3. The first-order valence-corrected chi connectivity index (χ1v) is 16.0. The molecule has 5 rings (SSSR count). The lowest BCUT2D eigenvalue weighted by molar-refractivity contribution is 0.0599. The van der Waals surface area contributed by atoms with Crippen molar-refractivity contribution in [2.24, 2.45) is 0 Å². The highest BCUT2D eigenvalue weighted by Crippen LogP contribution is 2.22. The average Bonchev–Trinajstić information content (AvgIpc) is 3.13. The number of hydrogen-bond donors (Lipinski definition) is 2. The zero-order valence-electron chi connectivity index (χ0n) is 27.8. The van der Waals surface area contributed by atoms with E-state index in [9.17, 15) is 14.4 Å². The van der Waals surface area contributed by atoms with Crippen LogP contribution in [0.2, 0.25) is 10.0 Å². The van der Waals surface area contributed by atoms with E-state index >= 15 is 0 Å². The van der Waals surface area contributed by atoms with Crippen molar-refractivity contribution in [3.8, 4) is 11.5 Å². The van der Waals surface area contributed by atoms with Crippen LogP contribution in [-0.2, 0) is 17.6 Å². The van der Waals surface area contributed by atoms with Crippen LogP contribution in [0.4, 0.5) is 0 Å². The van der Waals surface area contributed by atoms with E-state index in [1.165, 1.54) is 25.6 Å². The van der Waals surface area contributed by atoms with Crippen LogP contribution in [0.5, 0.6) is 11.5 Å². The molecule has 2 heterocycles. The molecule has 0 saturated carbocycles. The molecule has 0 radical (unpaired) electrons. The van der Waals surface area contributed by atoms with Crippen molar-refractivity contribution in [2.75, 3.05) is 21.3 Å². The minimum atomic E-state index is -1.03. The Bertz CT molecular complexity index is 1970. The summed E-state index contributed by atoms with van der Waals surface area (Å²) in [7, 11) is 4.53. The second-order valence-electron chi connectivity index (χ2n) is 11.0. The highest BCUT2D eigenvalue weighted by molar-refractivity contribution is 6.31. The second-order valence-corrected chi connectivity index (χ2v) is 11.8. The number of hydrogen-bond acceptors (Lipinski definition) is 8. The number of amides is 1. The lowest BCUT2D eigenvalue weighted by atomic mass is 10.0. The average molecular weight is 717 g/mol. The highest BCUT2D eigenvalue weighted by atomic mass is 35.5. The lowest BCUT2D eigenvalue weighted by Crippen LogP contribution is -2.28. The van der Waals surface area contributed by atoms with E-state index in [0.717, 1.165) is 28.2 Å². The van der Waals surface area contributed by atoms with E-state index < -0.39 is 11.9 Å². The van der Waals surface area contributed by atoms with Crippen molar-refractivity contribution in [3.05, 3.63) is 152 Å². The van der Waals surface area contributed by atoms with E-state index in [-0.39, 0.29) is 17.5 Å². The number of nitrogens with one attached hydrogen (secondary N) is 1. The fraction of sp³-hybridized carbons (Fsp3) is 0.184. The number of nitrogens with zero attached hydrogens (tertiary/aromatic N) is 2. The summed E-state index contributed by atoms with van der Waals surface area (Å²) < 4.78 is 15.1. The van der Waals surface area contributed by atoms with Gasteiger partial charge in [0.05, 0.1) is 65.5 Å². The van der Waals surface area contributed by atoms with E-state index in [4.69, 9.17) is 42.5 Å². The zero-order valence-corrected chi connectivity index (χ0v) is 29.3. The number of aromatic nitrogens is 2. The summed E-state index contributed by atoms with van der Waals surface area (Å²) in [5, 5.41) is 12.8. The van der Waals surface area contributed by atoms with E-state index in [2.05, 4.69) is 15.3 Å². The summed E-state index contributed by atoms with van der Waals surface area (Å²) in [5.74, 6) is -0.259. The van der Waals surface area contributed by atoms with Gasteiger partial charge in [-0.3, -0.25) is 14.8 Å². The molecule has 2 aromatic heterocycles. The van der Waals surface area contributed by atoms with Crippen molar-refractivity contribution < 1.29 is 33.7 Å². The molecule has 5 aromatic rings. The van der Waals surface area contributed by atoms with Gasteiger partial charge in [0.25, 0.3) is 5.91 Å². The first-order chi connectivity index (χ1) is 24.0. The van der Waals surface area contributed by atoms with E-state index in [1.54, 1.807) is 44.6 Å². The Morgan fingerprint density at radius 1 is 0.740 bits per heavy atom. The molecule has 12 heteroatoms. The Hall–Kier alpha value is -5.45. The smallest absolute Gasteiger partial charge is 0.337 e. The van der Waals surface area contributed by atoms with E-state index in [0.29, 0.717) is 45.4 Å². The van der Waals surface area contributed by atoms with Gasteiger partial charge in [0.2, 0.25) is 0 Å². The lowest BCUT2D eigenvalue weighted by Gasteiger charge is -2.16. The monoisotopic (exact) mass is 715 g/mol. The SMILES string of the molecule is COC(=O)c1ccc([C@H](C)NC(=O)c2cc(Cl)cnc2Cc2cccc(OC)c2)cc1.COc1cccc(Cc2ncc(Cl)cc2C(=O)O)c1. The maximum absolute atomic E-state index is 13.0. The van der Waals surface area contributed by atoms with Crippen LogP contribution in [0.1, 0.15) is 72.1 Å². The summed E-state index contributed by atoms with van der Waals surface area (Å²) in [4.78, 5) is 44.3. The van der Waals surface area contributed by atoms with Crippen LogP contribution in [0.25, 0.3) is 0 Å². The van der Waals surface area contributed by atoms with Gasteiger partial charge in [-0.05, 0) is 72.1 Å². The number of methoxy groups -OCH3 is 3. The largest absolute Gasteiger partial charge is 0.497 e. The fourth-order valence-electron chi connectivity index (χ4n) is 4.93. The van der Waals surface area contributed by atoms with Gasteiger partial charge in [-0.2, -0.15) is 0 Å². The number of halogens is 2. The Kier molecular flexibility index (Phi) is 13.3. The topological polar surface area (TPSA) is 137 Å². The third-order valence-electron chi connectivity index (χ3n) is 7.54. The highest BCUT2D eigenvalue weighted by Gasteiger charge is 2.18. The molecular weight excluding hydrogens is 681 g/mol. The molecule has 50 heavy (non-hydrogen) atoms. The third kappa shape index (κ3) is 10.3. The number of carbonyl (C=O) groups excluding carboxylic acids is 2. The van der Waals surface area contributed by atoms with Crippen molar-refractivity contribution in [1.82, 2.24) is 15.3 Å². The van der Waals surface area contributed by atoms with Crippen LogP contribution in [-0.4, -0.2) is 54.2 Å². The first-order valence-electron chi connectivity index (χ1n) is 15.3. The number of rotatable bonds is 11. The standard InChI is InChI=1S/C24H23ClN2O4.C14H12ClNO3/c1-15(17-7-9-18(10-8-17)24(29)31-3)27-23(28)21-13-19(25)14-26-22(21)12-16-5-4-6-20(11-16)30-2;1-19-11-4-2-3-9(5-11)6-13-12(14(17)18)7-10(15)8-16-13/h4-11,13-15H,12H2,1-3H3,(H,27,28);2-5,7-8H,6H2,1H3,(H,17,18)/t15-;/m0./s1. The van der Waals surface area contributed by atoms with Gasteiger partial charge in [-0.1, -0.05) is 59.6 Å². The van der Waals surface area contributed by atoms with Gasteiger partial charge < -0.3 is 24.6 Å². The molecule has 0 saturated heterocycles. The predicted octanol–water partition coefficient (Wildman–Crippen LogP) is 7.64. The number of esters is 1. The number of carboxylic acid groups (broad SMARTS) is 1. The minimum Gasteiger partial charge on any atom is -0.497 e. The summed E-state index contributed by atoms with van der Waals surface area (Å²) >= 11 is 11.9. The van der Waals surface area contributed by atoms with Gasteiger partial charge >= 0.3 is 11.9 Å². The maximum atomic E-state index is 13.0. The Balaban J connectivity index is 0.000000252. The molecule has 1 amide bonds. The van der Waals surface area contributed by atoms with E-state index in [1.807, 2.05) is 55.5 Å². The van der Waals surface area contributed by atoms with Gasteiger partial charge in [0.15, 0.2) is 0 Å². The molecular formula is C38H35Cl2N3O7. The van der Waals surface area contributed by atoms with Crippen molar-refractivity contribution >= 4 is 41.0 Å². The summed E-state index contributed by atoms with van der Waals surface area (Å²) in [6.45, 7) is 1.87. The Labute approximate surface area is 300 Å². The molecule has 0 bridgehead atoms. The van der Waals surface area contributed by atoms with Gasteiger partial charge in [0, 0.05) is 25.2 Å². The summed E-state index contributed by atoms with van der Waals surface area (Å²) in [6.07, 6.45) is 3.85. The number of carboxylic acids is 1. The molecule has 0 unspecified atom stereocenters. The Morgan fingerprint density at radius 3 is 1.72 bits per heavy atom. The molecule has 0 spiro atoms. The molecule has 0 aliphatic carbocycles. The van der Waals surface area contributed by atoms with Gasteiger partial charge in [-0.15, -0.1) is 0 Å². The third-order valence-corrected chi connectivity index (χ3v) is 7.95. The second kappa shape index (κ2) is 17.8. The van der Waals surface area contributed by atoms with Crippen LogP contribution in [0, 0.1) is 0 Å². The minimum absolute atomic E-state index is 0.121. The van der Waals surface area contributed by atoms with Crippen LogP contribution in [0.15, 0.2) is 97.3 Å². The molecule has 258 valence electrons. The molecule has 2 N–H and O–H groups in total. The number of carbonyl (C=O) groups is 3. The van der Waals surface area contributed by atoms with Crippen LogP contribution < -0.4 is 14.8 Å². The normalized spacial score (nSPS) is 11.0. The first kappa shape index (κ1) is 37.4. The molecule has 3 aromatic carbocycles. The summed E-state index contributed by atoms with van der Waals surface area (Å²) in [5.41, 5.74) is 4.82. The molecule has 0 aliphatic heterocycles. The fourth-order valence-corrected chi connectivity index (χ4v) is 5.25. The number of aromatic carboxylic acids is 1. The maximum Gasteiger partial charge on any atom is 0.337 e. The predicted molar refractivity (Wildman–Crippen MR) is 191 cm³/mol. The molecule has 1 atom stereocenters. The van der Waals surface area contributed by atoms with Crippen molar-refractivity contribution in [2.45, 2.75) is 25.8 Å². The Morgan fingerprint density at radius 2 is 1.24 bits per heavy atom. The number of ether oxygens (including phenoxy) is 3. The zero-order chi connectivity index (χ0) is 36.2. The van der Waals surface area contributed by atoms with Crippen molar-refractivity contribution in [1.29, 1.82) is 0 Å². The molecule has 0 aliphatic rings. The summed E-state index contributed by atoms with van der Waals surface area (Å²) in [6, 6.07) is 24.7. The number of pyridine rings is 2. The quantitative estimate of drug-likeness (QED) is 0.132. The van der Waals surface area contributed by atoms with Crippen LogP contribution in [0.3, 0.4) is 0 Å². The molecule has 0 fully saturated rings. The molecule has 10 nitrogen and oxygen atoms in total. The van der Waals surface area contributed by atoms with Gasteiger partial charge in [0.1, 0.15) is 11.5 Å². The van der Waals surface area contributed by atoms with Gasteiger partial charge in [-0.25, -0.2) is 9.59 Å². The van der Waals surface area contributed by atoms with Crippen LogP contribution >= 0.6 is 23.2 Å².